The highest BCUT2D eigenvalue weighted by Gasteiger charge is 2.03. The lowest BCUT2D eigenvalue weighted by Gasteiger charge is -2.17. The molecule has 0 spiro atoms. The van der Waals surface area contributed by atoms with Crippen molar-refractivity contribution in [1.82, 2.24) is 4.90 Å². The predicted octanol–water partition coefficient (Wildman–Crippen LogP) is 2.23. The fourth-order valence-corrected chi connectivity index (χ4v) is 2.11. The van der Waals surface area contributed by atoms with E-state index in [1.54, 1.807) is 0 Å². The summed E-state index contributed by atoms with van der Waals surface area (Å²) in [5.74, 6) is 0. The zero-order valence-electron chi connectivity index (χ0n) is 11.3. The van der Waals surface area contributed by atoms with Gasteiger partial charge in [0, 0.05) is 13.1 Å². The van der Waals surface area contributed by atoms with Crippen LogP contribution in [0.3, 0.4) is 0 Å². The number of benzene rings is 2. The molecule has 0 atom stereocenters. The molecular weight excluding hydrogens is 234 g/mol. The van der Waals surface area contributed by atoms with Crippen molar-refractivity contribution in [2.45, 2.75) is 19.3 Å². The molecule has 19 heavy (non-hydrogen) atoms. The fourth-order valence-electron chi connectivity index (χ4n) is 2.11. The van der Waals surface area contributed by atoms with Crippen molar-refractivity contribution >= 4 is 0 Å². The number of rotatable bonds is 5. The molecule has 0 heterocycles. The standard InChI is InChI=1S/C16H21N3/c1-19(11-13-5-3-2-4-6-13)12-14-7-9-15(10-8-14)16(17)18/h2-10,16H,11-12,17-18H2,1H3. The van der Waals surface area contributed by atoms with Crippen molar-refractivity contribution in [3.05, 3.63) is 71.3 Å². The topological polar surface area (TPSA) is 55.3 Å². The van der Waals surface area contributed by atoms with Gasteiger partial charge in [0.15, 0.2) is 0 Å². The molecule has 2 aromatic carbocycles. The van der Waals surface area contributed by atoms with E-state index in [-0.39, 0.29) is 0 Å². The van der Waals surface area contributed by atoms with Crippen LogP contribution >= 0.6 is 0 Å². The van der Waals surface area contributed by atoms with E-state index in [1.165, 1.54) is 11.1 Å². The second-order valence-corrected chi connectivity index (χ2v) is 4.93. The third-order valence-electron chi connectivity index (χ3n) is 3.11. The maximum Gasteiger partial charge on any atom is 0.0784 e. The summed E-state index contributed by atoms with van der Waals surface area (Å²) in [7, 11) is 2.12. The number of hydrogen-bond acceptors (Lipinski definition) is 3. The Labute approximate surface area is 114 Å². The lowest BCUT2D eigenvalue weighted by atomic mass is 10.1. The van der Waals surface area contributed by atoms with Crippen LogP contribution < -0.4 is 11.5 Å². The summed E-state index contributed by atoms with van der Waals surface area (Å²) in [5, 5.41) is 0. The molecule has 4 N–H and O–H groups in total. The van der Waals surface area contributed by atoms with Crippen molar-refractivity contribution in [1.29, 1.82) is 0 Å². The van der Waals surface area contributed by atoms with Gasteiger partial charge in [-0.05, 0) is 23.7 Å². The predicted molar refractivity (Wildman–Crippen MR) is 79.2 cm³/mol. The minimum absolute atomic E-state index is 0.393. The SMILES string of the molecule is CN(Cc1ccccc1)Cc1ccc(C(N)N)cc1. The first-order chi connectivity index (χ1) is 9.15. The molecule has 2 aromatic rings. The van der Waals surface area contributed by atoms with Crippen LogP contribution in [0.1, 0.15) is 22.9 Å². The molecule has 0 aliphatic carbocycles. The quantitative estimate of drug-likeness (QED) is 0.806. The van der Waals surface area contributed by atoms with Crippen molar-refractivity contribution < 1.29 is 0 Å². The van der Waals surface area contributed by atoms with Gasteiger partial charge in [0.2, 0.25) is 0 Å². The van der Waals surface area contributed by atoms with Crippen LogP contribution in [0.5, 0.6) is 0 Å². The first-order valence-electron chi connectivity index (χ1n) is 6.47. The average Bonchev–Trinajstić information content (AvgIpc) is 2.40. The van der Waals surface area contributed by atoms with Crippen LogP contribution in [0.2, 0.25) is 0 Å². The highest BCUT2D eigenvalue weighted by atomic mass is 15.1. The zero-order chi connectivity index (χ0) is 13.7. The summed E-state index contributed by atoms with van der Waals surface area (Å²) >= 11 is 0. The van der Waals surface area contributed by atoms with Gasteiger partial charge in [-0.25, -0.2) is 0 Å². The highest BCUT2D eigenvalue weighted by molar-refractivity contribution is 5.24. The first-order valence-corrected chi connectivity index (χ1v) is 6.47. The average molecular weight is 255 g/mol. The molecule has 0 fully saturated rings. The van der Waals surface area contributed by atoms with Gasteiger partial charge in [0.1, 0.15) is 0 Å². The minimum atomic E-state index is -0.393. The van der Waals surface area contributed by atoms with Crippen LogP contribution in [0.4, 0.5) is 0 Å². The molecule has 0 aliphatic heterocycles. The Balaban J connectivity index is 1.93. The highest BCUT2D eigenvalue weighted by Crippen LogP contribution is 2.11. The molecule has 0 saturated carbocycles. The summed E-state index contributed by atoms with van der Waals surface area (Å²) in [4.78, 5) is 2.28. The number of nitrogens with two attached hydrogens (primary N) is 2. The van der Waals surface area contributed by atoms with E-state index >= 15 is 0 Å². The van der Waals surface area contributed by atoms with E-state index in [9.17, 15) is 0 Å². The second-order valence-electron chi connectivity index (χ2n) is 4.93. The van der Waals surface area contributed by atoms with Crippen molar-refractivity contribution in [2.75, 3.05) is 7.05 Å². The molecular formula is C16H21N3. The third-order valence-corrected chi connectivity index (χ3v) is 3.11. The van der Waals surface area contributed by atoms with Crippen LogP contribution in [-0.4, -0.2) is 11.9 Å². The Bertz CT molecular complexity index is 491. The Morgan fingerprint density at radius 3 is 1.89 bits per heavy atom. The summed E-state index contributed by atoms with van der Waals surface area (Å²) in [6.07, 6.45) is -0.393. The Hall–Kier alpha value is -1.68. The van der Waals surface area contributed by atoms with Crippen LogP contribution in [0.15, 0.2) is 54.6 Å². The lowest BCUT2D eigenvalue weighted by molar-refractivity contribution is 0.319. The largest absolute Gasteiger partial charge is 0.312 e. The smallest absolute Gasteiger partial charge is 0.0784 e. The van der Waals surface area contributed by atoms with Gasteiger partial charge < -0.3 is 11.5 Å². The lowest BCUT2D eigenvalue weighted by Crippen LogP contribution is -2.20. The van der Waals surface area contributed by atoms with Crippen molar-refractivity contribution in [2.24, 2.45) is 11.5 Å². The Morgan fingerprint density at radius 2 is 1.37 bits per heavy atom. The molecule has 0 radical (unpaired) electrons. The molecule has 3 nitrogen and oxygen atoms in total. The maximum atomic E-state index is 5.63. The Morgan fingerprint density at radius 1 is 0.842 bits per heavy atom. The molecule has 2 rings (SSSR count). The van der Waals surface area contributed by atoms with E-state index < -0.39 is 6.17 Å². The third kappa shape index (κ3) is 4.17. The summed E-state index contributed by atoms with van der Waals surface area (Å²) in [6.45, 7) is 1.86. The molecule has 0 amide bonds. The van der Waals surface area contributed by atoms with Gasteiger partial charge in [0.05, 0.1) is 6.17 Å². The summed E-state index contributed by atoms with van der Waals surface area (Å²) in [6, 6.07) is 18.6. The number of hydrogen-bond donors (Lipinski definition) is 2. The molecule has 0 aliphatic rings. The minimum Gasteiger partial charge on any atom is -0.312 e. The molecule has 0 bridgehead atoms. The van der Waals surface area contributed by atoms with Crippen LogP contribution in [0.25, 0.3) is 0 Å². The zero-order valence-corrected chi connectivity index (χ0v) is 11.3. The van der Waals surface area contributed by atoms with E-state index in [2.05, 4.69) is 48.3 Å². The Kier molecular flexibility index (Phi) is 4.68. The first kappa shape index (κ1) is 13.7. The molecule has 3 heteroatoms. The number of nitrogens with zero attached hydrogens (tertiary/aromatic N) is 1. The summed E-state index contributed by atoms with van der Waals surface area (Å²) in [5.41, 5.74) is 14.8. The molecule has 0 unspecified atom stereocenters. The monoisotopic (exact) mass is 255 g/mol. The van der Waals surface area contributed by atoms with Gasteiger partial charge in [-0.15, -0.1) is 0 Å². The molecule has 0 saturated heterocycles. The van der Waals surface area contributed by atoms with Gasteiger partial charge in [0.25, 0.3) is 0 Å². The summed E-state index contributed by atoms with van der Waals surface area (Å²) < 4.78 is 0. The van der Waals surface area contributed by atoms with Gasteiger partial charge in [-0.2, -0.15) is 0 Å². The maximum absolute atomic E-state index is 5.63. The molecule has 0 aromatic heterocycles. The van der Waals surface area contributed by atoms with Gasteiger partial charge in [-0.3, -0.25) is 4.90 Å². The van der Waals surface area contributed by atoms with Crippen molar-refractivity contribution in [3.63, 3.8) is 0 Å². The van der Waals surface area contributed by atoms with Crippen molar-refractivity contribution in [3.8, 4) is 0 Å². The fraction of sp³-hybridized carbons (Fsp3) is 0.250. The van der Waals surface area contributed by atoms with E-state index in [0.717, 1.165) is 18.7 Å². The second kappa shape index (κ2) is 6.48. The van der Waals surface area contributed by atoms with E-state index in [4.69, 9.17) is 11.5 Å². The van der Waals surface area contributed by atoms with Crippen LogP contribution in [-0.2, 0) is 13.1 Å². The van der Waals surface area contributed by atoms with Gasteiger partial charge in [-0.1, -0.05) is 54.6 Å². The molecule has 100 valence electrons. The normalized spacial score (nSPS) is 11.2. The van der Waals surface area contributed by atoms with E-state index in [1.807, 2.05) is 18.2 Å². The van der Waals surface area contributed by atoms with Crippen LogP contribution in [0, 0.1) is 0 Å². The van der Waals surface area contributed by atoms with E-state index in [0.29, 0.717) is 0 Å². The van der Waals surface area contributed by atoms with Gasteiger partial charge >= 0.3 is 0 Å².